The molecule has 0 aromatic rings. The highest BCUT2D eigenvalue weighted by Gasteiger charge is 2.57. The van der Waals surface area contributed by atoms with Crippen LogP contribution in [0, 0.1) is 17.3 Å². The van der Waals surface area contributed by atoms with Gasteiger partial charge in [-0.25, -0.2) is 4.79 Å². The number of ether oxygens (including phenoxy) is 3. The zero-order valence-electron chi connectivity index (χ0n) is 16.9. The standard InChI is InChI=1S/C22H26O6/c1-11-10-22-16(13(3)20(25)28-22)8-15-12(2)17(24)6-7-21(15,5)19(26-14(4)23)9-18(11)27-22/h6-7,10,12,15,18-19H,8-9H2,1-5H3/t12-,15+,18+,19-,21+,22-/m1/s1. The molecule has 28 heavy (non-hydrogen) atoms. The van der Waals surface area contributed by atoms with Gasteiger partial charge >= 0.3 is 11.9 Å². The number of hydrogen-bond acceptors (Lipinski definition) is 6. The van der Waals surface area contributed by atoms with E-state index in [1.54, 1.807) is 13.0 Å². The molecule has 1 spiro atoms. The second kappa shape index (κ2) is 6.14. The molecular weight excluding hydrogens is 360 g/mol. The number of allylic oxidation sites excluding steroid dienone is 1. The normalized spacial score (nSPS) is 42.1. The van der Waals surface area contributed by atoms with Gasteiger partial charge in [0.25, 0.3) is 5.79 Å². The zero-order chi connectivity index (χ0) is 20.4. The zero-order valence-corrected chi connectivity index (χ0v) is 16.9. The Bertz CT molecular complexity index is 864. The Morgan fingerprint density at radius 2 is 2.00 bits per heavy atom. The van der Waals surface area contributed by atoms with E-state index in [-0.39, 0.29) is 35.7 Å². The van der Waals surface area contributed by atoms with Crippen LogP contribution in [0.1, 0.15) is 47.5 Å². The molecule has 0 radical (unpaired) electrons. The average Bonchev–Trinajstić information content (AvgIpc) is 3.04. The minimum absolute atomic E-state index is 0.0404. The SMILES string of the molecule is CC(=O)O[C@@H]1C[C@@H]2O[C@]3(C=C2C)OC(=O)C(C)=C3C[C@H]2[C@@H](C)C(=O)C=C[C@]12C. The molecule has 0 saturated carbocycles. The molecule has 1 aliphatic carbocycles. The van der Waals surface area contributed by atoms with Gasteiger partial charge in [-0.2, -0.15) is 0 Å². The van der Waals surface area contributed by atoms with Gasteiger partial charge in [0.05, 0.1) is 6.10 Å². The van der Waals surface area contributed by atoms with Crippen molar-refractivity contribution in [2.45, 2.75) is 65.5 Å². The summed E-state index contributed by atoms with van der Waals surface area (Å²) in [5, 5.41) is 0. The molecule has 2 bridgehead atoms. The van der Waals surface area contributed by atoms with Crippen molar-refractivity contribution in [1.29, 1.82) is 0 Å². The minimum Gasteiger partial charge on any atom is -0.462 e. The quantitative estimate of drug-likeness (QED) is 0.509. The number of ketones is 1. The first-order valence-electron chi connectivity index (χ1n) is 9.78. The lowest BCUT2D eigenvalue weighted by Gasteiger charge is -2.45. The van der Waals surface area contributed by atoms with Crippen LogP contribution in [0.5, 0.6) is 0 Å². The third kappa shape index (κ3) is 2.61. The summed E-state index contributed by atoms with van der Waals surface area (Å²) < 4.78 is 17.7. The molecule has 3 aliphatic heterocycles. The lowest BCUT2D eigenvalue weighted by Crippen LogP contribution is -2.47. The van der Waals surface area contributed by atoms with Gasteiger partial charge in [0.2, 0.25) is 0 Å². The monoisotopic (exact) mass is 386 g/mol. The van der Waals surface area contributed by atoms with Crippen LogP contribution in [0.2, 0.25) is 0 Å². The van der Waals surface area contributed by atoms with Crippen LogP contribution in [-0.4, -0.2) is 35.7 Å². The summed E-state index contributed by atoms with van der Waals surface area (Å²) in [5.74, 6) is -2.34. The van der Waals surface area contributed by atoms with Crippen LogP contribution in [0.3, 0.4) is 0 Å². The minimum atomic E-state index is -1.20. The largest absolute Gasteiger partial charge is 0.462 e. The number of fused-ring (bicyclic) bond motifs is 2. The predicted molar refractivity (Wildman–Crippen MR) is 99.8 cm³/mol. The Hall–Kier alpha value is -2.21. The van der Waals surface area contributed by atoms with Crippen LogP contribution in [-0.2, 0) is 28.6 Å². The average molecular weight is 386 g/mol. The maximum absolute atomic E-state index is 12.5. The van der Waals surface area contributed by atoms with E-state index in [1.165, 1.54) is 6.92 Å². The van der Waals surface area contributed by atoms with Crippen LogP contribution in [0.25, 0.3) is 0 Å². The van der Waals surface area contributed by atoms with Gasteiger partial charge in [-0.15, -0.1) is 0 Å². The van der Waals surface area contributed by atoms with Crippen molar-refractivity contribution in [3.05, 3.63) is 34.9 Å². The first-order chi connectivity index (χ1) is 13.1. The maximum Gasteiger partial charge on any atom is 0.336 e. The van der Waals surface area contributed by atoms with Gasteiger partial charge in [-0.1, -0.05) is 19.9 Å². The Morgan fingerprint density at radius 1 is 1.29 bits per heavy atom. The molecule has 3 heterocycles. The number of rotatable bonds is 1. The number of esters is 2. The Labute approximate surface area is 164 Å². The van der Waals surface area contributed by atoms with Crippen molar-refractivity contribution in [3.63, 3.8) is 0 Å². The molecule has 1 saturated heterocycles. The molecule has 0 aromatic carbocycles. The Kier molecular flexibility index (Phi) is 4.20. The fourth-order valence-electron chi connectivity index (χ4n) is 5.19. The summed E-state index contributed by atoms with van der Waals surface area (Å²) in [4.78, 5) is 36.8. The summed E-state index contributed by atoms with van der Waals surface area (Å²) in [6, 6.07) is 0. The lowest BCUT2D eigenvalue weighted by molar-refractivity contribution is -0.189. The van der Waals surface area contributed by atoms with Crippen molar-refractivity contribution in [3.8, 4) is 0 Å². The van der Waals surface area contributed by atoms with Gasteiger partial charge in [-0.3, -0.25) is 9.59 Å². The Morgan fingerprint density at radius 3 is 2.68 bits per heavy atom. The molecule has 0 N–H and O–H groups in total. The van der Waals surface area contributed by atoms with Gasteiger partial charge in [0.15, 0.2) is 5.78 Å². The van der Waals surface area contributed by atoms with Crippen molar-refractivity contribution in [2.24, 2.45) is 17.3 Å². The smallest absolute Gasteiger partial charge is 0.336 e. The molecule has 1 fully saturated rings. The van der Waals surface area contributed by atoms with Gasteiger partial charge < -0.3 is 14.2 Å². The summed E-state index contributed by atoms with van der Waals surface area (Å²) in [6.45, 7) is 9.01. The van der Waals surface area contributed by atoms with Crippen molar-refractivity contribution < 1.29 is 28.6 Å². The summed E-state index contributed by atoms with van der Waals surface area (Å²) in [6.07, 6.45) is 5.44. The van der Waals surface area contributed by atoms with Crippen molar-refractivity contribution in [1.82, 2.24) is 0 Å². The first kappa shape index (κ1) is 19.1. The topological polar surface area (TPSA) is 78.9 Å². The molecule has 4 aliphatic rings. The van der Waals surface area contributed by atoms with E-state index in [9.17, 15) is 14.4 Å². The molecule has 6 atom stereocenters. The number of carbonyl (C=O) groups excluding carboxylic acids is 3. The molecule has 0 aromatic heterocycles. The van der Waals surface area contributed by atoms with Crippen molar-refractivity contribution in [2.75, 3.05) is 0 Å². The van der Waals surface area contributed by atoms with Crippen LogP contribution >= 0.6 is 0 Å². The highest BCUT2D eigenvalue weighted by Crippen LogP contribution is 2.54. The highest BCUT2D eigenvalue weighted by atomic mass is 16.7. The third-order valence-electron chi connectivity index (χ3n) is 6.98. The highest BCUT2D eigenvalue weighted by molar-refractivity contribution is 5.94. The second-order valence-corrected chi connectivity index (χ2v) is 8.69. The number of hydrogen-bond donors (Lipinski definition) is 0. The summed E-state index contributed by atoms with van der Waals surface area (Å²) in [7, 11) is 0. The molecule has 6 heteroatoms. The Balaban J connectivity index is 1.90. The predicted octanol–water partition coefficient (Wildman–Crippen LogP) is 3.02. The van der Waals surface area contributed by atoms with Crippen LogP contribution in [0.4, 0.5) is 0 Å². The van der Waals surface area contributed by atoms with E-state index in [4.69, 9.17) is 14.2 Å². The second-order valence-electron chi connectivity index (χ2n) is 8.69. The fraction of sp³-hybridized carbons (Fsp3) is 0.591. The van der Waals surface area contributed by atoms with Crippen molar-refractivity contribution >= 4 is 17.7 Å². The first-order valence-corrected chi connectivity index (χ1v) is 9.78. The molecule has 4 rings (SSSR count). The van der Waals surface area contributed by atoms with Gasteiger partial charge in [0.1, 0.15) is 6.10 Å². The van der Waals surface area contributed by atoms with Crippen LogP contribution < -0.4 is 0 Å². The maximum atomic E-state index is 12.5. The number of carbonyl (C=O) groups is 3. The molecular formula is C22H26O6. The molecule has 150 valence electrons. The lowest BCUT2D eigenvalue weighted by atomic mass is 9.60. The van der Waals surface area contributed by atoms with E-state index in [1.807, 2.05) is 32.9 Å². The summed E-state index contributed by atoms with van der Waals surface area (Å²) in [5.41, 5.74) is 1.69. The van der Waals surface area contributed by atoms with Gasteiger partial charge in [0, 0.05) is 35.8 Å². The van der Waals surface area contributed by atoms with E-state index in [2.05, 4.69) is 0 Å². The summed E-state index contributed by atoms with van der Waals surface area (Å²) >= 11 is 0. The van der Waals surface area contributed by atoms with Crippen LogP contribution in [0.15, 0.2) is 34.9 Å². The fourth-order valence-corrected chi connectivity index (χ4v) is 5.19. The van der Waals surface area contributed by atoms with E-state index >= 15 is 0 Å². The van der Waals surface area contributed by atoms with E-state index in [0.717, 1.165) is 11.1 Å². The van der Waals surface area contributed by atoms with E-state index in [0.29, 0.717) is 18.4 Å². The molecule has 0 amide bonds. The third-order valence-corrected chi connectivity index (χ3v) is 6.98. The van der Waals surface area contributed by atoms with E-state index < -0.39 is 17.3 Å². The molecule has 0 unspecified atom stereocenters. The molecule has 6 nitrogen and oxygen atoms in total. The van der Waals surface area contributed by atoms with Gasteiger partial charge in [-0.05, 0) is 43.9 Å².